The predicted molar refractivity (Wildman–Crippen MR) is 132 cm³/mol. The molecule has 0 aliphatic carbocycles. The van der Waals surface area contributed by atoms with E-state index in [2.05, 4.69) is 45.5 Å². The number of likely N-dealkylation sites (tertiary alicyclic amines) is 2. The van der Waals surface area contributed by atoms with Crippen LogP contribution in [0.4, 0.5) is 0 Å². The number of nitrogens with one attached hydrogen (secondary N) is 2. The molecule has 164 valence electrons. The van der Waals surface area contributed by atoms with Crippen molar-refractivity contribution >= 4 is 29.9 Å². The van der Waals surface area contributed by atoms with Crippen molar-refractivity contribution in [3.8, 4) is 0 Å². The molecule has 0 amide bonds. The Kier molecular flexibility index (Phi) is 10.7. The van der Waals surface area contributed by atoms with Crippen molar-refractivity contribution in [1.82, 2.24) is 25.4 Å². The number of piperidine rings is 2. The Hall–Kier alpha value is -0.930. The van der Waals surface area contributed by atoms with Crippen LogP contribution < -0.4 is 10.6 Å². The zero-order valence-corrected chi connectivity index (χ0v) is 20.5. The Balaban J connectivity index is 0.00000300. The summed E-state index contributed by atoms with van der Waals surface area (Å²) in [5, 5.41) is 6.93. The van der Waals surface area contributed by atoms with E-state index >= 15 is 0 Å². The van der Waals surface area contributed by atoms with E-state index in [1.54, 1.807) is 0 Å². The highest BCUT2D eigenvalue weighted by atomic mass is 127. The summed E-state index contributed by atoms with van der Waals surface area (Å²) < 4.78 is 0. The Morgan fingerprint density at radius 2 is 1.86 bits per heavy atom. The van der Waals surface area contributed by atoms with Crippen LogP contribution in [0.1, 0.15) is 44.7 Å². The van der Waals surface area contributed by atoms with Crippen molar-refractivity contribution in [2.45, 2.75) is 51.0 Å². The molecule has 0 bridgehead atoms. The van der Waals surface area contributed by atoms with Gasteiger partial charge in [-0.2, -0.15) is 0 Å². The second-order valence-corrected chi connectivity index (χ2v) is 8.27. The van der Waals surface area contributed by atoms with Gasteiger partial charge in [-0.15, -0.1) is 24.0 Å². The third-order valence-electron chi connectivity index (χ3n) is 6.22. The molecule has 2 N–H and O–H groups in total. The maximum atomic E-state index is 5.05. The van der Waals surface area contributed by atoms with Crippen LogP contribution in [0.2, 0.25) is 0 Å². The fourth-order valence-electron chi connectivity index (χ4n) is 4.40. The number of nitrogens with zero attached hydrogens (tertiary/aromatic N) is 4. The van der Waals surface area contributed by atoms with Gasteiger partial charge in [0.25, 0.3) is 0 Å². The van der Waals surface area contributed by atoms with E-state index in [-0.39, 0.29) is 29.5 Å². The normalized spacial score (nSPS) is 20.7. The topological polar surface area (TPSA) is 55.8 Å². The molecule has 0 saturated carbocycles. The fraction of sp³-hybridized carbons (Fsp3) is 0.727. The van der Waals surface area contributed by atoms with Crippen LogP contribution in [0.3, 0.4) is 0 Å². The summed E-state index contributed by atoms with van der Waals surface area (Å²) in [5.74, 6) is 0.939. The minimum atomic E-state index is 0. The Bertz CT molecular complexity index is 595. The van der Waals surface area contributed by atoms with E-state index in [1.165, 1.54) is 58.3 Å². The standard InChI is InChI=1S/C22H38N6.HI/c1-3-23-21(25-14-10-20-9-5-6-13-24-20)26-19-22(11-17-27(2)18-12-22)28-15-7-4-8-16-28;/h5-6,9,13H,3-4,7-8,10-12,14-19H2,1-2H3,(H2,23,25,26);1H. The van der Waals surface area contributed by atoms with Crippen molar-refractivity contribution in [2.24, 2.45) is 4.99 Å². The van der Waals surface area contributed by atoms with Gasteiger partial charge in [0.2, 0.25) is 0 Å². The summed E-state index contributed by atoms with van der Waals surface area (Å²) in [6, 6.07) is 6.09. The summed E-state index contributed by atoms with van der Waals surface area (Å²) in [7, 11) is 2.24. The van der Waals surface area contributed by atoms with E-state index in [1.807, 2.05) is 18.3 Å². The minimum Gasteiger partial charge on any atom is -0.357 e. The number of aliphatic imine (C=N–C) groups is 1. The molecule has 29 heavy (non-hydrogen) atoms. The fourth-order valence-corrected chi connectivity index (χ4v) is 4.40. The average molecular weight is 515 g/mol. The van der Waals surface area contributed by atoms with Gasteiger partial charge in [0.05, 0.1) is 6.54 Å². The van der Waals surface area contributed by atoms with Crippen LogP contribution in [-0.2, 0) is 6.42 Å². The van der Waals surface area contributed by atoms with Gasteiger partial charge >= 0.3 is 0 Å². The molecule has 1 aromatic heterocycles. The first-order valence-corrected chi connectivity index (χ1v) is 11.1. The van der Waals surface area contributed by atoms with E-state index < -0.39 is 0 Å². The van der Waals surface area contributed by atoms with Gasteiger partial charge in [-0.1, -0.05) is 12.5 Å². The number of pyridine rings is 1. The van der Waals surface area contributed by atoms with Gasteiger partial charge < -0.3 is 15.5 Å². The second kappa shape index (κ2) is 12.7. The maximum Gasteiger partial charge on any atom is 0.191 e. The number of aromatic nitrogens is 1. The zero-order chi connectivity index (χ0) is 19.7. The molecule has 7 heteroatoms. The molecule has 0 aromatic carbocycles. The molecule has 1 aromatic rings. The largest absolute Gasteiger partial charge is 0.357 e. The quantitative estimate of drug-likeness (QED) is 0.333. The van der Waals surface area contributed by atoms with Crippen LogP contribution in [0.25, 0.3) is 0 Å². The van der Waals surface area contributed by atoms with E-state index in [4.69, 9.17) is 4.99 Å². The molecule has 3 heterocycles. The summed E-state index contributed by atoms with van der Waals surface area (Å²) >= 11 is 0. The number of hydrogen-bond acceptors (Lipinski definition) is 4. The lowest BCUT2D eigenvalue weighted by Gasteiger charge is -2.49. The Morgan fingerprint density at radius 3 is 2.52 bits per heavy atom. The first kappa shape index (κ1) is 24.3. The third kappa shape index (κ3) is 7.36. The minimum absolute atomic E-state index is 0. The molecule has 2 saturated heterocycles. The first-order chi connectivity index (χ1) is 13.7. The van der Waals surface area contributed by atoms with Gasteiger partial charge in [0, 0.05) is 36.9 Å². The third-order valence-corrected chi connectivity index (χ3v) is 6.22. The van der Waals surface area contributed by atoms with Crippen LogP contribution in [0.15, 0.2) is 29.4 Å². The molecule has 2 fully saturated rings. The maximum absolute atomic E-state index is 5.05. The molecular weight excluding hydrogens is 475 g/mol. The number of hydrogen-bond donors (Lipinski definition) is 2. The van der Waals surface area contributed by atoms with Crippen LogP contribution in [0.5, 0.6) is 0 Å². The van der Waals surface area contributed by atoms with Gasteiger partial charge in [-0.3, -0.25) is 14.9 Å². The monoisotopic (exact) mass is 514 g/mol. The molecule has 0 atom stereocenters. The van der Waals surface area contributed by atoms with Crippen molar-refractivity contribution in [3.05, 3.63) is 30.1 Å². The second-order valence-electron chi connectivity index (χ2n) is 8.27. The molecule has 0 radical (unpaired) electrons. The SMILES string of the molecule is CCNC(=NCC1(N2CCCCC2)CCN(C)CC1)NCCc1ccccn1.I. The van der Waals surface area contributed by atoms with E-state index in [0.29, 0.717) is 0 Å². The first-order valence-electron chi connectivity index (χ1n) is 11.1. The summed E-state index contributed by atoms with van der Waals surface area (Å²) in [6.07, 6.45) is 9.27. The molecule has 0 spiro atoms. The lowest BCUT2D eigenvalue weighted by atomic mass is 9.84. The van der Waals surface area contributed by atoms with Gasteiger partial charge in [-0.25, -0.2) is 0 Å². The Morgan fingerprint density at radius 1 is 1.10 bits per heavy atom. The van der Waals surface area contributed by atoms with Crippen molar-refractivity contribution in [2.75, 3.05) is 52.9 Å². The van der Waals surface area contributed by atoms with Crippen molar-refractivity contribution < 1.29 is 0 Å². The smallest absolute Gasteiger partial charge is 0.191 e. The summed E-state index contributed by atoms with van der Waals surface area (Å²) in [6.45, 7) is 9.58. The van der Waals surface area contributed by atoms with Gasteiger partial charge in [0.15, 0.2) is 5.96 Å². The summed E-state index contributed by atoms with van der Waals surface area (Å²) in [4.78, 5) is 14.7. The van der Waals surface area contributed by atoms with Gasteiger partial charge in [-0.05, 0) is 78.0 Å². The van der Waals surface area contributed by atoms with Crippen molar-refractivity contribution in [3.63, 3.8) is 0 Å². The number of rotatable bonds is 7. The highest BCUT2D eigenvalue weighted by molar-refractivity contribution is 14.0. The predicted octanol–water partition coefficient (Wildman–Crippen LogP) is 2.75. The lowest BCUT2D eigenvalue weighted by Crippen LogP contribution is -2.58. The van der Waals surface area contributed by atoms with Crippen LogP contribution >= 0.6 is 24.0 Å². The van der Waals surface area contributed by atoms with E-state index in [9.17, 15) is 0 Å². The molecular formula is C22H39IN6. The molecule has 2 aliphatic heterocycles. The molecule has 2 aliphatic rings. The highest BCUT2D eigenvalue weighted by Gasteiger charge is 2.39. The molecule has 0 unspecified atom stereocenters. The van der Waals surface area contributed by atoms with E-state index in [0.717, 1.165) is 37.7 Å². The summed E-state index contributed by atoms with van der Waals surface area (Å²) in [5.41, 5.74) is 1.35. The highest BCUT2D eigenvalue weighted by Crippen LogP contribution is 2.31. The van der Waals surface area contributed by atoms with Crippen LogP contribution in [0, 0.1) is 0 Å². The lowest BCUT2D eigenvalue weighted by molar-refractivity contribution is 0.0208. The number of halogens is 1. The number of guanidine groups is 1. The average Bonchev–Trinajstić information content (AvgIpc) is 2.75. The van der Waals surface area contributed by atoms with Crippen LogP contribution in [-0.4, -0.2) is 79.1 Å². The van der Waals surface area contributed by atoms with Crippen molar-refractivity contribution in [1.29, 1.82) is 0 Å². The molecule has 3 rings (SSSR count). The zero-order valence-electron chi connectivity index (χ0n) is 18.2. The Labute approximate surface area is 194 Å². The molecule has 6 nitrogen and oxygen atoms in total. The van der Waals surface area contributed by atoms with Gasteiger partial charge in [0.1, 0.15) is 0 Å².